The molecule has 10 heteroatoms. The Balaban J connectivity index is 0.00000320. The Hall–Kier alpha value is -1.92. The molecule has 2 aromatic rings. The summed E-state index contributed by atoms with van der Waals surface area (Å²) in [4.78, 5) is 8.86. The van der Waals surface area contributed by atoms with Gasteiger partial charge in [-0.3, -0.25) is 4.99 Å². The third-order valence-electron chi connectivity index (χ3n) is 4.68. The van der Waals surface area contributed by atoms with E-state index in [2.05, 4.69) is 25.7 Å². The number of halogens is 1. The molecule has 166 valence electrons. The molecule has 1 unspecified atom stereocenters. The van der Waals surface area contributed by atoms with Crippen molar-refractivity contribution in [1.29, 1.82) is 0 Å². The molecule has 1 aliphatic rings. The second-order valence-electron chi connectivity index (χ2n) is 6.85. The lowest BCUT2D eigenvalue weighted by Gasteiger charge is -2.25. The number of guanidine groups is 1. The molecule has 2 N–H and O–H groups in total. The highest BCUT2D eigenvalue weighted by atomic mass is 127. The Morgan fingerprint density at radius 1 is 1.20 bits per heavy atom. The van der Waals surface area contributed by atoms with E-state index in [1.54, 1.807) is 21.3 Å². The van der Waals surface area contributed by atoms with E-state index in [1.165, 1.54) is 0 Å². The second-order valence-corrected chi connectivity index (χ2v) is 6.85. The van der Waals surface area contributed by atoms with Gasteiger partial charge in [0.2, 0.25) is 0 Å². The fraction of sp³-hybridized carbons (Fsp3) is 0.550. The predicted octanol–water partition coefficient (Wildman–Crippen LogP) is 1.75. The summed E-state index contributed by atoms with van der Waals surface area (Å²) in [7, 11) is 5.10. The summed E-state index contributed by atoms with van der Waals surface area (Å²) in [5, 5.41) is 11.4. The molecule has 0 saturated heterocycles. The summed E-state index contributed by atoms with van der Waals surface area (Å²) < 4.78 is 17.7. The van der Waals surface area contributed by atoms with Crippen molar-refractivity contribution in [1.82, 2.24) is 25.4 Å². The largest absolute Gasteiger partial charge is 0.491 e. The van der Waals surface area contributed by atoms with Gasteiger partial charge in [-0.05, 0) is 24.1 Å². The van der Waals surface area contributed by atoms with E-state index in [9.17, 15) is 0 Å². The molecule has 3 rings (SSSR count). The maximum Gasteiger partial charge on any atom is 0.191 e. The first-order chi connectivity index (χ1) is 14.2. The van der Waals surface area contributed by atoms with Crippen LogP contribution in [0.25, 0.3) is 0 Å². The van der Waals surface area contributed by atoms with Crippen LogP contribution in [0.5, 0.6) is 5.75 Å². The van der Waals surface area contributed by atoms with Gasteiger partial charge in [-0.1, -0.05) is 12.1 Å². The monoisotopic (exact) mass is 530 g/mol. The first-order valence-corrected chi connectivity index (χ1v) is 9.81. The lowest BCUT2D eigenvalue weighted by Crippen LogP contribution is -2.46. The Bertz CT molecular complexity index is 796. The molecule has 30 heavy (non-hydrogen) atoms. The topological polar surface area (TPSA) is 94.8 Å². The quantitative estimate of drug-likeness (QED) is 0.221. The number of aromatic nitrogens is 3. The molecule has 1 aliphatic heterocycles. The number of nitrogens with zero attached hydrogens (tertiary/aromatic N) is 4. The zero-order chi connectivity index (χ0) is 20.5. The smallest absolute Gasteiger partial charge is 0.191 e. The van der Waals surface area contributed by atoms with Gasteiger partial charge in [0.15, 0.2) is 11.8 Å². The maximum absolute atomic E-state index is 5.59. The van der Waals surface area contributed by atoms with E-state index in [4.69, 9.17) is 14.2 Å². The minimum atomic E-state index is 0. The van der Waals surface area contributed by atoms with Gasteiger partial charge in [-0.15, -0.1) is 24.0 Å². The number of aliphatic imine (C=N–C) groups is 1. The van der Waals surface area contributed by atoms with Crippen molar-refractivity contribution in [2.24, 2.45) is 4.99 Å². The van der Waals surface area contributed by atoms with E-state index >= 15 is 0 Å². The van der Waals surface area contributed by atoms with Crippen molar-refractivity contribution in [2.45, 2.75) is 38.6 Å². The number of hydrogen-bond acceptors (Lipinski definition) is 6. The number of methoxy groups -OCH3 is 2. The van der Waals surface area contributed by atoms with Crippen LogP contribution in [0.2, 0.25) is 0 Å². The van der Waals surface area contributed by atoms with Crippen molar-refractivity contribution in [3.8, 4) is 5.75 Å². The van der Waals surface area contributed by atoms with E-state index in [1.807, 2.05) is 28.9 Å². The summed E-state index contributed by atoms with van der Waals surface area (Å²) in [6.45, 7) is 3.01. The standard InChI is InChI=1S/C20H30N6O3.HI/c1-21-20(22-12-15-4-7-17(8-5-15)29-11-10-27-2)23-16-6-9-19-24-18(14-28-3)25-26(19)13-16;/h4-5,7-8,16H,6,9-14H2,1-3H3,(H2,21,22,23);1H. The summed E-state index contributed by atoms with van der Waals surface area (Å²) in [6, 6.07) is 8.27. The van der Waals surface area contributed by atoms with Gasteiger partial charge in [-0.25, -0.2) is 9.67 Å². The van der Waals surface area contributed by atoms with E-state index in [0.29, 0.717) is 26.4 Å². The molecular formula is C20H31IN6O3. The van der Waals surface area contributed by atoms with Gasteiger partial charge in [0.25, 0.3) is 0 Å². The normalized spacial score (nSPS) is 15.8. The minimum absolute atomic E-state index is 0. The lowest BCUT2D eigenvalue weighted by molar-refractivity contribution is 0.146. The number of ether oxygens (including phenoxy) is 3. The molecule has 0 amide bonds. The van der Waals surface area contributed by atoms with Crippen molar-refractivity contribution >= 4 is 29.9 Å². The summed E-state index contributed by atoms with van der Waals surface area (Å²) in [5.74, 6) is 3.37. The SMILES string of the molecule is CN=C(NCc1ccc(OCCOC)cc1)NC1CCc2nc(COC)nn2C1.I. The molecule has 1 aromatic heterocycles. The molecular weight excluding hydrogens is 499 g/mol. The summed E-state index contributed by atoms with van der Waals surface area (Å²) >= 11 is 0. The highest BCUT2D eigenvalue weighted by Crippen LogP contribution is 2.14. The highest BCUT2D eigenvalue weighted by molar-refractivity contribution is 14.0. The van der Waals surface area contributed by atoms with Crippen LogP contribution in [0.3, 0.4) is 0 Å². The number of fused-ring (bicyclic) bond motifs is 1. The van der Waals surface area contributed by atoms with Gasteiger partial charge in [0.1, 0.15) is 24.8 Å². The van der Waals surface area contributed by atoms with Crippen LogP contribution >= 0.6 is 24.0 Å². The van der Waals surface area contributed by atoms with E-state index in [-0.39, 0.29) is 30.0 Å². The molecule has 1 aromatic carbocycles. The molecule has 0 saturated carbocycles. The van der Waals surface area contributed by atoms with Gasteiger partial charge in [0, 0.05) is 40.3 Å². The fourth-order valence-corrected chi connectivity index (χ4v) is 3.19. The van der Waals surface area contributed by atoms with Crippen LogP contribution in [-0.4, -0.2) is 61.2 Å². The lowest BCUT2D eigenvalue weighted by atomic mass is 10.1. The van der Waals surface area contributed by atoms with Gasteiger partial charge >= 0.3 is 0 Å². The third kappa shape index (κ3) is 7.10. The number of rotatable bonds is 9. The van der Waals surface area contributed by atoms with Crippen molar-refractivity contribution in [3.05, 3.63) is 41.5 Å². The maximum atomic E-state index is 5.59. The number of hydrogen-bond donors (Lipinski definition) is 2. The summed E-state index contributed by atoms with van der Waals surface area (Å²) in [5.41, 5.74) is 1.15. The molecule has 0 radical (unpaired) electrons. The molecule has 9 nitrogen and oxygen atoms in total. The van der Waals surface area contributed by atoms with Crippen LogP contribution in [0.1, 0.15) is 23.6 Å². The Labute approximate surface area is 194 Å². The number of nitrogens with one attached hydrogen (secondary N) is 2. The molecule has 0 spiro atoms. The van der Waals surface area contributed by atoms with Gasteiger partial charge in [-0.2, -0.15) is 5.10 Å². The molecule has 0 aliphatic carbocycles. The Kier molecular flexibility index (Phi) is 10.3. The fourth-order valence-electron chi connectivity index (χ4n) is 3.19. The Morgan fingerprint density at radius 3 is 2.70 bits per heavy atom. The van der Waals surface area contributed by atoms with Crippen molar-refractivity contribution in [2.75, 3.05) is 34.5 Å². The number of benzene rings is 1. The zero-order valence-corrected chi connectivity index (χ0v) is 20.1. The predicted molar refractivity (Wildman–Crippen MR) is 125 cm³/mol. The zero-order valence-electron chi connectivity index (χ0n) is 17.8. The van der Waals surface area contributed by atoms with Gasteiger partial charge < -0.3 is 24.8 Å². The second kappa shape index (κ2) is 12.7. The van der Waals surface area contributed by atoms with Crippen LogP contribution in [-0.2, 0) is 35.6 Å². The van der Waals surface area contributed by atoms with Crippen LogP contribution in [0, 0.1) is 0 Å². The Morgan fingerprint density at radius 2 is 2.00 bits per heavy atom. The van der Waals surface area contributed by atoms with E-state index < -0.39 is 0 Å². The summed E-state index contributed by atoms with van der Waals surface area (Å²) in [6.07, 6.45) is 1.87. The van der Waals surface area contributed by atoms with Crippen molar-refractivity contribution in [3.63, 3.8) is 0 Å². The molecule has 1 atom stereocenters. The minimum Gasteiger partial charge on any atom is -0.491 e. The van der Waals surface area contributed by atoms with Gasteiger partial charge in [0.05, 0.1) is 13.2 Å². The highest BCUT2D eigenvalue weighted by Gasteiger charge is 2.22. The molecule has 0 fully saturated rings. The average molecular weight is 530 g/mol. The van der Waals surface area contributed by atoms with Crippen LogP contribution in [0.4, 0.5) is 0 Å². The van der Waals surface area contributed by atoms with Crippen molar-refractivity contribution < 1.29 is 14.2 Å². The van der Waals surface area contributed by atoms with E-state index in [0.717, 1.165) is 48.3 Å². The third-order valence-corrected chi connectivity index (χ3v) is 4.68. The molecule has 0 bridgehead atoms. The number of aryl methyl sites for hydroxylation is 1. The van der Waals surface area contributed by atoms with Crippen LogP contribution in [0.15, 0.2) is 29.3 Å². The first kappa shape index (κ1) is 24.4. The molecule has 2 heterocycles. The average Bonchev–Trinajstić information content (AvgIpc) is 3.14. The van der Waals surface area contributed by atoms with Crippen LogP contribution < -0.4 is 15.4 Å². The first-order valence-electron chi connectivity index (χ1n) is 9.81.